The fourth-order valence-electron chi connectivity index (χ4n) is 4.46. The van der Waals surface area contributed by atoms with Crippen molar-refractivity contribution in [2.24, 2.45) is 0 Å². The normalized spacial score (nSPS) is 14.5. The minimum Gasteiger partial charge on any atom is -0.489 e. The molecule has 3 aromatic carbocycles. The van der Waals surface area contributed by atoms with Gasteiger partial charge in [0.05, 0.1) is 5.57 Å². The van der Waals surface area contributed by atoms with Crippen LogP contribution < -0.4 is 15.4 Å². The first-order valence-corrected chi connectivity index (χ1v) is 14.2. The van der Waals surface area contributed by atoms with E-state index in [1.807, 2.05) is 86.6 Å². The zero-order chi connectivity index (χ0) is 27.4. The predicted molar refractivity (Wildman–Crippen MR) is 158 cm³/mol. The summed E-state index contributed by atoms with van der Waals surface area (Å²) in [4.78, 5) is 18.5. The number of fused-ring (bicyclic) bond motifs is 1. The summed E-state index contributed by atoms with van der Waals surface area (Å²) in [5.74, 6) is 1.98. The second-order valence-electron chi connectivity index (χ2n) is 9.35. The molecule has 0 aliphatic carbocycles. The van der Waals surface area contributed by atoms with Gasteiger partial charge in [-0.2, -0.15) is 4.98 Å². The van der Waals surface area contributed by atoms with E-state index in [9.17, 15) is 4.79 Å². The van der Waals surface area contributed by atoms with E-state index in [0.29, 0.717) is 34.1 Å². The van der Waals surface area contributed by atoms with Gasteiger partial charge in [0.15, 0.2) is 0 Å². The van der Waals surface area contributed by atoms with Gasteiger partial charge in [-0.15, -0.1) is 5.10 Å². The Hall–Kier alpha value is -3.75. The maximum absolute atomic E-state index is 13.8. The van der Waals surface area contributed by atoms with E-state index in [0.717, 1.165) is 40.2 Å². The number of anilines is 2. The summed E-state index contributed by atoms with van der Waals surface area (Å²) in [7, 11) is 0. The summed E-state index contributed by atoms with van der Waals surface area (Å²) >= 11 is 7.92. The number of amides is 1. The average molecular weight is 560 g/mol. The van der Waals surface area contributed by atoms with Gasteiger partial charge < -0.3 is 15.4 Å². The Bertz CT molecular complexity index is 1530. The molecule has 0 bridgehead atoms. The number of carbonyl (C=O) groups excluding carboxylic acids is 1. The maximum Gasteiger partial charge on any atom is 0.255 e. The Morgan fingerprint density at radius 2 is 1.92 bits per heavy atom. The van der Waals surface area contributed by atoms with E-state index in [2.05, 4.69) is 17.6 Å². The third-order valence-corrected chi connectivity index (χ3v) is 7.73. The van der Waals surface area contributed by atoms with Gasteiger partial charge in [-0.1, -0.05) is 72.8 Å². The van der Waals surface area contributed by atoms with Gasteiger partial charge in [-0.3, -0.25) is 4.79 Å². The standard InChI is InChI=1S/C30H30ClN5O2S/c1-4-15-39-30-34-29-32-20(3)26(28(37)33-23-12-7-9-19(2)16-23)27(36(29)35-30)21-11-8-13-24(17-21)38-18-22-10-5-6-14-25(22)31/h5-14,16-17,27H,4,15,18H2,1-3H3,(H,33,37)(H,32,34,35). The van der Waals surface area contributed by atoms with Crippen LogP contribution in [0, 0.1) is 6.92 Å². The van der Waals surface area contributed by atoms with Crippen LogP contribution in [-0.2, 0) is 11.4 Å². The van der Waals surface area contributed by atoms with E-state index < -0.39 is 6.04 Å². The first kappa shape index (κ1) is 26.8. The van der Waals surface area contributed by atoms with Crippen molar-refractivity contribution in [3.05, 3.63) is 106 Å². The molecule has 39 heavy (non-hydrogen) atoms. The number of rotatable bonds is 9. The van der Waals surface area contributed by atoms with Crippen LogP contribution in [-0.4, -0.2) is 26.4 Å². The molecule has 0 radical (unpaired) electrons. The van der Waals surface area contributed by atoms with Crippen molar-refractivity contribution >= 4 is 40.9 Å². The molecule has 1 amide bonds. The van der Waals surface area contributed by atoms with Gasteiger partial charge in [0.25, 0.3) is 5.91 Å². The van der Waals surface area contributed by atoms with Crippen LogP contribution in [0.1, 0.15) is 43.0 Å². The Labute approximate surface area is 237 Å². The third-order valence-electron chi connectivity index (χ3n) is 6.32. The summed E-state index contributed by atoms with van der Waals surface area (Å²) in [5.41, 5.74) is 4.84. The number of ether oxygens (including phenoxy) is 1. The van der Waals surface area contributed by atoms with Crippen molar-refractivity contribution in [1.29, 1.82) is 0 Å². The van der Waals surface area contributed by atoms with Gasteiger partial charge in [0, 0.05) is 27.7 Å². The molecule has 2 N–H and O–H groups in total. The molecule has 1 aromatic heterocycles. The molecule has 4 aromatic rings. The smallest absolute Gasteiger partial charge is 0.255 e. The average Bonchev–Trinajstić information content (AvgIpc) is 3.33. The number of hydrogen-bond acceptors (Lipinski definition) is 6. The number of carbonyl (C=O) groups is 1. The fourth-order valence-corrected chi connectivity index (χ4v) is 5.33. The van der Waals surface area contributed by atoms with Crippen LogP contribution in [0.5, 0.6) is 5.75 Å². The highest BCUT2D eigenvalue weighted by Crippen LogP contribution is 2.38. The summed E-state index contributed by atoms with van der Waals surface area (Å²) < 4.78 is 7.91. The van der Waals surface area contributed by atoms with Crippen molar-refractivity contribution in [3.8, 4) is 5.75 Å². The third kappa shape index (κ3) is 6.13. The zero-order valence-electron chi connectivity index (χ0n) is 22.1. The molecule has 0 fully saturated rings. The molecular weight excluding hydrogens is 530 g/mol. The highest BCUT2D eigenvalue weighted by molar-refractivity contribution is 7.99. The lowest BCUT2D eigenvalue weighted by Crippen LogP contribution is -2.31. The predicted octanol–water partition coefficient (Wildman–Crippen LogP) is 7.25. The number of halogens is 1. The lowest BCUT2D eigenvalue weighted by Gasteiger charge is -2.29. The van der Waals surface area contributed by atoms with Gasteiger partial charge in [0.1, 0.15) is 18.4 Å². The minimum atomic E-state index is -0.501. The van der Waals surface area contributed by atoms with E-state index in [-0.39, 0.29) is 5.91 Å². The molecular formula is C30H30ClN5O2S. The van der Waals surface area contributed by atoms with Crippen LogP contribution in [0.4, 0.5) is 11.6 Å². The van der Waals surface area contributed by atoms with Crippen molar-refractivity contribution < 1.29 is 9.53 Å². The Balaban J connectivity index is 1.50. The van der Waals surface area contributed by atoms with E-state index in [1.54, 1.807) is 16.4 Å². The first-order chi connectivity index (χ1) is 18.9. The van der Waals surface area contributed by atoms with Crippen molar-refractivity contribution in [2.45, 2.75) is 45.0 Å². The number of allylic oxidation sites excluding steroid dienone is 1. The number of aromatic nitrogens is 3. The molecule has 0 spiro atoms. The summed E-state index contributed by atoms with van der Waals surface area (Å²) in [6.07, 6.45) is 1.01. The number of nitrogens with zero attached hydrogens (tertiary/aromatic N) is 3. The van der Waals surface area contributed by atoms with E-state index in [1.165, 1.54) is 0 Å². The quantitative estimate of drug-likeness (QED) is 0.210. The largest absolute Gasteiger partial charge is 0.489 e. The topological polar surface area (TPSA) is 81.1 Å². The first-order valence-electron chi connectivity index (χ1n) is 12.8. The molecule has 1 aliphatic heterocycles. The van der Waals surface area contributed by atoms with Crippen LogP contribution in [0.2, 0.25) is 5.02 Å². The molecule has 1 unspecified atom stereocenters. The Morgan fingerprint density at radius 3 is 2.72 bits per heavy atom. The molecule has 9 heteroatoms. The van der Waals surface area contributed by atoms with Crippen molar-refractivity contribution in [2.75, 3.05) is 16.4 Å². The summed E-state index contributed by atoms with van der Waals surface area (Å²) in [5, 5.41) is 12.5. The molecule has 2 heterocycles. The minimum absolute atomic E-state index is 0.207. The molecule has 5 rings (SSSR count). The lowest BCUT2D eigenvalue weighted by molar-refractivity contribution is -0.113. The van der Waals surface area contributed by atoms with Crippen LogP contribution in [0.3, 0.4) is 0 Å². The van der Waals surface area contributed by atoms with Gasteiger partial charge in [-0.05, 0) is 61.7 Å². The number of nitrogens with one attached hydrogen (secondary N) is 2. The monoisotopic (exact) mass is 559 g/mol. The van der Waals surface area contributed by atoms with Crippen molar-refractivity contribution in [1.82, 2.24) is 14.8 Å². The van der Waals surface area contributed by atoms with E-state index >= 15 is 0 Å². The molecule has 0 saturated heterocycles. The molecule has 7 nitrogen and oxygen atoms in total. The molecule has 1 aliphatic rings. The van der Waals surface area contributed by atoms with Gasteiger partial charge in [0.2, 0.25) is 11.1 Å². The van der Waals surface area contributed by atoms with Crippen LogP contribution in [0.15, 0.2) is 89.2 Å². The fraction of sp³-hybridized carbons (Fsp3) is 0.233. The Morgan fingerprint density at radius 1 is 1.10 bits per heavy atom. The zero-order valence-corrected chi connectivity index (χ0v) is 23.6. The van der Waals surface area contributed by atoms with Gasteiger partial charge >= 0.3 is 0 Å². The number of benzene rings is 3. The highest BCUT2D eigenvalue weighted by atomic mass is 35.5. The SMILES string of the molecule is CCCSc1nc2n(n1)C(c1cccc(OCc3ccccc3Cl)c1)C(C(=O)Nc1cccc(C)c1)=C(C)N2. The molecule has 200 valence electrons. The number of hydrogen-bond donors (Lipinski definition) is 2. The summed E-state index contributed by atoms with van der Waals surface area (Å²) in [6.45, 7) is 6.35. The number of aryl methyl sites for hydroxylation is 1. The summed E-state index contributed by atoms with van der Waals surface area (Å²) in [6, 6.07) is 22.6. The van der Waals surface area contributed by atoms with Crippen LogP contribution in [0.25, 0.3) is 0 Å². The van der Waals surface area contributed by atoms with Crippen LogP contribution >= 0.6 is 23.4 Å². The second kappa shape index (κ2) is 12.0. The van der Waals surface area contributed by atoms with Crippen molar-refractivity contribution in [3.63, 3.8) is 0 Å². The van der Waals surface area contributed by atoms with Gasteiger partial charge in [-0.25, -0.2) is 4.68 Å². The second-order valence-corrected chi connectivity index (χ2v) is 10.8. The maximum atomic E-state index is 13.8. The highest BCUT2D eigenvalue weighted by Gasteiger charge is 2.34. The van der Waals surface area contributed by atoms with E-state index in [4.69, 9.17) is 26.4 Å². The number of thioether (sulfide) groups is 1. The Kier molecular flexibility index (Phi) is 8.24. The molecule has 0 saturated carbocycles. The molecule has 1 atom stereocenters. The lowest BCUT2D eigenvalue weighted by atomic mass is 9.94.